The summed E-state index contributed by atoms with van der Waals surface area (Å²) in [6.45, 7) is 5.20. The molecule has 0 bridgehead atoms. The van der Waals surface area contributed by atoms with E-state index in [2.05, 4.69) is 4.72 Å². The molecule has 0 saturated heterocycles. The van der Waals surface area contributed by atoms with Gasteiger partial charge < -0.3 is 9.47 Å². The van der Waals surface area contributed by atoms with E-state index in [0.717, 1.165) is 4.57 Å². The van der Waals surface area contributed by atoms with E-state index in [1.807, 2.05) is 0 Å². The Hall–Kier alpha value is -4.29. The average molecular weight is 598 g/mol. The fourth-order valence-electron chi connectivity index (χ4n) is 4.35. The molecule has 0 saturated carbocycles. The van der Waals surface area contributed by atoms with Crippen molar-refractivity contribution in [3.05, 3.63) is 99.5 Å². The van der Waals surface area contributed by atoms with Crippen LogP contribution in [0.4, 0.5) is 4.39 Å². The van der Waals surface area contributed by atoms with Crippen LogP contribution in [-0.4, -0.2) is 29.1 Å². The third kappa shape index (κ3) is 7.31. The summed E-state index contributed by atoms with van der Waals surface area (Å²) >= 11 is 0. The molecule has 1 unspecified atom stereocenters. The van der Waals surface area contributed by atoms with Crippen molar-refractivity contribution in [1.82, 2.24) is 13.9 Å². The number of hydrogen-bond acceptors (Lipinski definition) is 7. The highest BCUT2D eigenvalue weighted by Gasteiger charge is 2.26. The number of benzene rings is 3. The number of nitrogens with zero attached hydrogens (tertiary/aromatic N) is 2. The predicted octanol–water partition coefficient (Wildman–Crippen LogP) is 4.62. The van der Waals surface area contributed by atoms with Gasteiger partial charge in [-0.3, -0.25) is 14.2 Å². The first-order chi connectivity index (χ1) is 19.7. The second-order valence-electron chi connectivity index (χ2n) is 10.7. The molecular formula is C30H32FN3O7S. The summed E-state index contributed by atoms with van der Waals surface area (Å²) in [6, 6.07) is 17.3. The molecule has 0 amide bonds. The number of ether oxygens (including phenoxy) is 2. The number of halogens is 1. The molecule has 0 radical (unpaired) electrons. The van der Waals surface area contributed by atoms with Gasteiger partial charge in [0.2, 0.25) is 10.0 Å². The van der Waals surface area contributed by atoms with Crippen LogP contribution in [0.5, 0.6) is 11.5 Å². The van der Waals surface area contributed by atoms with Gasteiger partial charge in [-0.25, -0.2) is 22.2 Å². The summed E-state index contributed by atoms with van der Waals surface area (Å²) < 4.78 is 55.7. The van der Waals surface area contributed by atoms with Crippen LogP contribution < -0.4 is 20.7 Å². The summed E-state index contributed by atoms with van der Waals surface area (Å²) in [5.74, 6) is -0.230. The molecular weight excluding hydrogens is 565 g/mol. The second kappa shape index (κ2) is 12.3. The summed E-state index contributed by atoms with van der Waals surface area (Å²) in [5, 5.41) is 0.234. The van der Waals surface area contributed by atoms with Crippen LogP contribution in [0.3, 0.4) is 0 Å². The first-order valence-electron chi connectivity index (χ1n) is 13.2. The molecule has 0 spiro atoms. The maximum atomic E-state index is 13.5. The summed E-state index contributed by atoms with van der Waals surface area (Å²) in [6.07, 6.45) is -1.26. The molecule has 0 fully saturated rings. The lowest BCUT2D eigenvalue weighted by Crippen LogP contribution is -2.47. The smallest absolute Gasteiger partial charge is 0.332 e. The molecule has 1 aromatic heterocycles. The van der Waals surface area contributed by atoms with Crippen molar-refractivity contribution in [3.63, 3.8) is 0 Å². The van der Waals surface area contributed by atoms with E-state index in [0.29, 0.717) is 17.0 Å². The SMILES string of the molecule is Cn1c(=O)n(C(CCCC(=O)OC(C)(C)C)NS(=O)(=O)c2ccc(Oc3ccc(F)cc3)cc2)c(=O)c2ccccc21. The first kappa shape index (κ1) is 30.7. The van der Waals surface area contributed by atoms with Gasteiger partial charge in [-0.05, 0) is 94.3 Å². The molecule has 1 atom stereocenters. The van der Waals surface area contributed by atoms with Crippen molar-refractivity contribution in [3.8, 4) is 11.5 Å². The van der Waals surface area contributed by atoms with Crippen molar-refractivity contribution in [1.29, 1.82) is 0 Å². The number of carbonyl (C=O) groups is 1. The number of esters is 1. The van der Waals surface area contributed by atoms with E-state index in [9.17, 15) is 27.2 Å². The van der Waals surface area contributed by atoms with Crippen LogP contribution in [0.15, 0.2) is 87.3 Å². The monoisotopic (exact) mass is 597 g/mol. The van der Waals surface area contributed by atoms with E-state index in [1.165, 1.54) is 60.1 Å². The highest BCUT2D eigenvalue weighted by molar-refractivity contribution is 7.89. The third-order valence-electron chi connectivity index (χ3n) is 6.27. The highest BCUT2D eigenvalue weighted by atomic mass is 32.2. The lowest BCUT2D eigenvalue weighted by Gasteiger charge is -2.23. The lowest BCUT2D eigenvalue weighted by atomic mass is 10.1. The first-order valence-corrected chi connectivity index (χ1v) is 14.7. The maximum Gasteiger partial charge on any atom is 0.332 e. The summed E-state index contributed by atoms with van der Waals surface area (Å²) in [5.41, 5.74) is -1.68. The largest absolute Gasteiger partial charge is 0.460 e. The number of hydrogen-bond donors (Lipinski definition) is 1. The molecule has 1 N–H and O–H groups in total. The van der Waals surface area contributed by atoms with Gasteiger partial charge in [0.25, 0.3) is 5.56 Å². The Morgan fingerprint density at radius 2 is 1.55 bits per heavy atom. The quantitative estimate of drug-likeness (QED) is 0.265. The minimum Gasteiger partial charge on any atom is -0.460 e. The van der Waals surface area contributed by atoms with Crippen molar-refractivity contribution >= 4 is 26.9 Å². The van der Waals surface area contributed by atoms with E-state index in [1.54, 1.807) is 45.0 Å². The average Bonchev–Trinajstić information content (AvgIpc) is 2.92. The van der Waals surface area contributed by atoms with Crippen LogP contribution in [0, 0.1) is 5.82 Å². The Kier molecular flexibility index (Phi) is 8.97. The fourth-order valence-corrected chi connectivity index (χ4v) is 5.56. The molecule has 222 valence electrons. The van der Waals surface area contributed by atoms with Gasteiger partial charge >= 0.3 is 11.7 Å². The van der Waals surface area contributed by atoms with Gasteiger partial charge in [-0.1, -0.05) is 12.1 Å². The van der Waals surface area contributed by atoms with Crippen LogP contribution in [-0.2, 0) is 26.6 Å². The van der Waals surface area contributed by atoms with E-state index in [-0.39, 0.29) is 29.5 Å². The number of para-hydroxylation sites is 1. The zero-order valence-electron chi connectivity index (χ0n) is 23.7. The highest BCUT2D eigenvalue weighted by Crippen LogP contribution is 2.24. The molecule has 0 aliphatic heterocycles. The van der Waals surface area contributed by atoms with Gasteiger partial charge in [0.05, 0.1) is 15.8 Å². The van der Waals surface area contributed by atoms with Gasteiger partial charge in [-0.15, -0.1) is 0 Å². The zero-order chi connectivity index (χ0) is 30.7. The number of nitrogens with one attached hydrogen (secondary N) is 1. The van der Waals surface area contributed by atoms with Gasteiger partial charge in [-0.2, -0.15) is 4.72 Å². The second-order valence-corrected chi connectivity index (χ2v) is 12.4. The topological polar surface area (TPSA) is 126 Å². The van der Waals surface area contributed by atoms with E-state index < -0.39 is 44.8 Å². The molecule has 0 aliphatic carbocycles. The van der Waals surface area contributed by atoms with Crippen LogP contribution in [0.2, 0.25) is 0 Å². The molecule has 0 aliphatic rings. The number of aryl methyl sites for hydroxylation is 1. The lowest BCUT2D eigenvalue weighted by molar-refractivity contribution is -0.154. The number of aromatic nitrogens is 2. The Morgan fingerprint density at radius 3 is 2.17 bits per heavy atom. The summed E-state index contributed by atoms with van der Waals surface area (Å²) in [7, 11) is -2.77. The Balaban J connectivity index is 1.64. The van der Waals surface area contributed by atoms with Crippen LogP contribution in [0.1, 0.15) is 46.2 Å². The molecule has 12 heteroatoms. The van der Waals surface area contributed by atoms with Crippen molar-refractivity contribution in [2.45, 2.75) is 56.7 Å². The Morgan fingerprint density at radius 1 is 0.952 bits per heavy atom. The van der Waals surface area contributed by atoms with Crippen LogP contribution >= 0.6 is 0 Å². The Labute approximate surface area is 242 Å². The number of sulfonamides is 1. The minimum atomic E-state index is -4.26. The molecule has 4 rings (SSSR count). The standard InChI is InChI=1S/C30H32FN3O7S/c1-30(2,3)41-27(35)11-7-10-26(34-28(36)24-8-5-6-9-25(24)33(4)29(34)37)32-42(38,39)23-18-16-22(17-19-23)40-21-14-12-20(31)13-15-21/h5-6,8-9,12-19,26,32H,7,10-11H2,1-4H3. The van der Waals surface area contributed by atoms with Crippen molar-refractivity contribution < 1.29 is 27.1 Å². The van der Waals surface area contributed by atoms with Crippen LogP contribution in [0.25, 0.3) is 10.9 Å². The van der Waals surface area contributed by atoms with E-state index >= 15 is 0 Å². The van der Waals surface area contributed by atoms with Crippen molar-refractivity contribution in [2.24, 2.45) is 7.05 Å². The molecule has 10 nitrogen and oxygen atoms in total. The van der Waals surface area contributed by atoms with Gasteiger partial charge in [0, 0.05) is 13.5 Å². The maximum absolute atomic E-state index is 13.5. The van der Waals surface area contributed by atoms with Crippen molar-refractivity contribution in [2.75, 3.05) is 0 Å². The molecule has 3 aromatic carbocycles. The zero-order valence-corrected chi connectivity index (χ0v) is 24.5. The van der Waals surface area contributed by atoms with Gasteiger partial charge in [0.1, 0.15) is 29.1 Å². The van der Waals surface area contributed by atoms with Gasteiger partial charge in [0.15, 0.2) is 0 Å². The number of carbonyl (C=O) groups excluding carboxylic acids is 1. The fraction of sp³-hybridized carbons (Fsp3) is 0.300. The Bertz CT molecular complexity index is 1810. The molecule has 42 heavy (non-hydrogen) atoms. The predicted molar refractivity (Wildman–Crippen MR) is 155 cm³/mol. The minimum absolute atomic E-state index is 0.0439. The number of rotatable bonds is 10. The number of fused-ring (bicyclic) bond motifs is 1. The third-order valence-corrected chi connectivity index (χ3v) is 7.75. The summed E-state index contributed by atoms with van der Waals surface area (Å²) in [4.78, 5) is 39.0. The molecule has 4 aromatic rings. The molecule has 1 heterocycles. The normalized spacial score (nSPS) is 12.7. The van der Waals surface area contributed by atoms with E-state index in [4.69, 9.17) is 9.47 Å².